The summed E-state index contributed by atoms with van der Waals surface area (Å²) in [5.74, 6) is 0.0580. The smallest absolute Gasteiger partial charge is 0.237 e. The fourth-order valence-corrected chi connectivity index (χ4v) is 2.10. The van der Waals surface area contributed by atoms with Gasteiger partial charge in [-0.25, -0.2) is 0 Å². The minimum absolute atomic E-state index is 0.0580. The molecule has 0 spiro atoms. The molecule has 4 nitrogen and oxygen atoms in total. The number of hydrogen-bond donors (Lipinski definition) is 1. The van der Waals surface area contributed by atoms with E-state index in [9.17, 15) is 4.79 Å². The second-order valence-electron chi connectivity index (χ2n) is 5.11. The van der Waals surface area contributed by atoms with Gasteiger partial charge in [0, 0.05) is 25.0 Å². The number of amides is 1. The molecule has 4 heteroatoms. The van der Waals surface area contributed by atoms with Crippen LogP contribution in [0.3, 0.4) is 0 Å². The van der Waals surface area contributed by atoms with Crippen molar-refractivity contribution in [1.82, 2.24) is 10.2 Å². The van der Waals surface area contributed by atoms with Gasteiger partial charge in [-0.15, -0.1) is 0 Å². The zero-order chi connectivity index (χ0) is 14.1. The number of rotatable bonds is 8. The highest BCUT2D eigenvalue weighted by Gasteiger charge is 2.23. The molecule has 104 valence electrons. The summed E-state index contributed by atoms with van der Waals surface area (Å²) in [6.45, 7) is 10.8. The van der Waals surface area contributed by atoms with E-state index in [-0.39, 0.29) is 24.0 Å². The first-order valence-electron chi connectivity index (χ1n) is 6.87. The third-order valence-corrected chi connectivity index (χ3v) is 3.13. The van der Waals surface area contributed by atoms with Crippen LogP contribution in [-0.2, 0) is 4.79 Å². The average Bonchev–Trinajstić information content (AvgIpc) is 2.28. The SMILES string of the molecule is CCCC(C)NC(=O)C(C)N(CCC#N)C(C)C. The van der Waals surface area contributed by atoms with Crippen molar-refractivity contribution < 1.29 is 4.79 Å². The van der Waals surface area contributed by atoms with E-state index >= 15 is 0 Å². The van der Waals surface area contributed by atoms with Gasteiger partial charge in [-0.3, -0.25) is 9.69 Å². The normalized spacial score (nSPS) is 14.3. The Hall–Kier alpha value is -1.08. The van der Waals surface area contributed by atoms with Crippen LogP contribution in [-0.4, -0.2) is 35.5 Å². The summed E-state index contributed by atoms with van der Waals surface area (Å²) < 4.78 is 0. The standard InChI is InChI=1S/C14H27N3O/c1-6-8-12(4)16-14(18)13(5)17(11(2)3)10-7-9-15/h11-13H,6-8,10H2,1-5H3,(H,16,18). The van der Waals surface area contributed by atoms with Crippen LogP contribution in [0.25, 0.3) is 0 Å². The summed E-state index contributed by atoms with van der Waals surface area (Å²) in [6, 6.07) is 2.43. The summed E-state index contributed by atoms with van der Waals surface area (Å²) in [5, 5.41) is 11.7. The van der Waals surface area contributed by atoms with Crippen molar-refractivity contribution in [2.45, 2.75) is 72.0 Å². The van der Waals surface area contributed by atoms with E-state index in [1.807, 2.05) is 13.8 Å². The second kappa shape index (κ2) is 8.93. The Morgan fingerprint density at radius 1 is 1.33 bits per heavy atom. The molecule has 0 aliphatic carbocycles. The van der Waals surface area contributed by atoms with Gasteiger partial charge in [-0.1, -0.05) is 13.3 Å². The fraction of sp³-hybridized carbons (Fsp3) is 0.857. The van der Waals surface area contributed by atoms with E-state index in [1.165, 1.54) is 0 Å². The minimum Gasteiger partial charge on any atom is -0.352 e. The van der Waals surface area contributed by atoms with E-state index in [1.54, 1.807) is 0 Å². The highest BCUT2D eigenvalue weighted by atomic mass is 16.2. The molecule has 0 heterocycles. The Bertz CT molecular complexity index is 283. The Labute approximate surface area is 111 Å². The first kappa shape index (κ1) is 16.9. The van der Waals surface area contributed by atoms with Gasteiger partial charge < -0.3 is 5.32 Å². The highest BCUT2D eigenvalue weighted by molar-refractivity contribution is 5.81. The minimum atomic E-state index is -0.183. The molecule has 0 aromatic carbocycles. The topological polar surface area (TPSA) is 56.1 Å². The van der Waals surface area contributed by atoms with Gasteiger partial charge in [0.05, 0.1) is 12.1 Å². The van der Waals surface area contributed by atoms with Crippen molar-refractivity contribution in [3.63, 3.8) is 0 Å². The molecule has 0 radical (unpaired) electrons. The number of nitriles is 1. The number of carbonyl (C=O) groups excluding carboxylic acids is 1. The Morgan fingerprint density at radius 3 is 2.39 bits per heavy atom. The zero-order valence-electron chi connectivity index (χ0n) is 12.4. The number of nitrogens with zero attached hydrogens (tertiary/aromatic N) is 2. The number of carbonyl (C=O) groups is 1. The highest BCUT2D eigenvalue weighted by Crippen LogP contribution is 2.07. The van der Waals surface area contributed by atoms with Crippen LogP contribution in [0.2, 0.25) is 0 Å². The van der Waals surface area contributed by atoms with Crippen molar-refractivity contribution >= 4 is 5.91 Å². The molecule has 1 amide bonds. The Morgan fingerprint density at radius 2 is 1.94 bits per heavy atom. The Kier molecular flexibility index (Phi) is 8.40. The van der Waals surface area contributed by atoms with Gasteiger partial charge in [-0.05, 0) is 34.1 Å². The summed E-state index contributed by atoms with van der Waals surface area (Å²) in [7, 11) is 0. The molecule has 0 aromatic heterocycles. The molecular weight excluding hydrogens is 226 g/mol. The van der Waals surface area contributed by atoms with Crippen LogP contribution in [0.4, 0.5) is 0 Å². The van der Waals surface area contributed by atoms with Crippen molar-refractivity contribution in [1.29, 1.82) is 5.26 Å². The molecule has 0 saturated heterocycles. The lowest BCUT2D eigenvalue weighted by atomic mass is 10.1. The predicted octanol–water partition coefficient (Wildman–Crippen LogP) is 2.30. The molecule has 0 rings (SSSR count). The van der Waals surface area contributed by atoms with E-state index < -0.39 is 0 Å². The first-order chi connectivity index (χ1) is 8.43. The van der Waals surface area contributed by atoms with Gasteiger partial charge in [0.15, 0.2) is 0 Å². The van der Waals surface area contributed by atoms with Crippen molar-refractivity contribution in [3.05, 3.63) is 0 Å². The lowest BCUT2D eigenvalue weighted by Gasteiger charge is -2.31. The molecule has 1 N–H and O–H groups in total. The van der Waals surface area contributed by atoms with Gasteiger partial charge in [0.1, 0.15) is 0 Å². The Balaban J connectivity index is 4.42. The molecule has 18 heavy (non-hydrogen) atoms. The molecule has 0 aromatic rings. The van der Waals surface area contributed by atoms with Gasteiger partial charge in [0.25, 0.3) is 0 Å². The first-order valence-corrected chi connectivity index (χ1v) is 6.87. The van der Waals surface area contributed by atoms with Crippen LogP contribution in [0, 0.1) is 11.3 Å². The molecule has 0 bridgehead atoms. The average molecular weight is 253 g/mol. The summed E-state index contributed by atoms with van der Waals surface area (Å²) in [4.78, 5) is 14.2. The van der Waals surface area contributed by atoms with Crippen LogP contribution in [0.1, 0.15) is 53.9 Å². The van der Waals surface area contributed by atoms with E-state index in [4.69, 9.17) is 5.26 Å². The van der Waals surface area contributed by atoms with Gasteiger partial charge in [-0.2, -0.15) is 5.26 Å². The van der Waals surface area contributed by atoms with Crippen molar-refractivity contribution in [3.8, 4) is 6.07 Å². The molecule has 2 unspecified atom stereocenters. The molecular formula is C14H27N3O. The van der Waals surface area contributed by atoms with E-state index in [2.05, 4.69) is 37.1 Å². The maximum Gasteiger partial charge on any atom is 0.237 e. The lowest BCUT2D eigenvalue weighted by molar-refractivity contribution is -0.127. The van der Waals surface area contributed by atoms with Gasteiger partial charge >= 0.3 is 0 Å². The third kappa shape index (κ3) is 6.02. The maximum absolute atomic E-state index is 12.1. The summed E-state index contributed by atoms with van der Waals surface area (Å²) in [6.07, 6.45) is 2.52. The number of hydrogen-bond acceptors (Lipinski definition) is 3. The largest absolute Gasteiger partial charge is 0.352 e. The molecule has 0 saturated carbocycles. The monoisotopic (exact) mass is 253 g/mol. The number of nitrogens with one attached hydrogen (secondary N) is 1. The zero-order valence-corrected chi connectivity index (χ0v) is 12.4. The summed E-state index contributed by atoms with van der Waals surface area (Å²) >= 11 is 0. The van der Waals surface area contributed by atoms with Crippen molar-refractivity contribution in [2.24, 2.45) is 0 Å². The maximum atomic E-state index is 12.1. The molecule has 0 aliphatic rings. The van der Waals surface area contributed by atoms with Gasteiger partial charge in [0.2, 0.25) is 5.91 Å². The predicted molar refractivity (Wildman–Crippen MR) is 74.0 cm³/mol. The van der Waals surface area contributed by atoms with E-state index in [0.717, 1.165) is 12.8 Å². The molecule has 0 fully saturated rings. The fourth-order valence-electron chi connectivity index (χ4n) is 2.10. The van der Waals surface area contributed by atoms with Crippen LogP contribution < -0.4 is 5.32 Å². The van der Waals surface area contributed by atoms with Crippen LogP contribution in [0.5, 0.6) is 0 Å². The van der Waals surface area contributed by atoms with E-state index in [0.29, 0.717) is 13.0 Å². The molecule has 2 atom stereocenters. The van der Waals surface area contributed by atoms with Crippen LogP contribution >= 0.6 is 0 Å². The molecule has 0 aliphatic heterocycles. The lowest BCUT2D eigenvalue weighted by Crippen LogP contribution is -2.50. The van der Waals surface area contributed by atoms with Crippen molar-refractivity contribution in [2.75, 3.05) is 6.54 Å². The quantitative estimate of drug-likeness (QED) is 0.722. The third-order valence-electron chi connectivity index (χ3n) is 3.13. The summed E-state index contributed by atoms with van der Waals surface area (Å²) in [5.41, 5.74) is 0. The second-order valence-corrected chi connectivity index (χ2v) is 5.11. The van der Waals surface area contributed by atoms with Crippen LogP contribution in [0.15, 0.2) is 0 Å².